The van der Waals surface area contributed by atoms with Gasteiger partial charge in [-0.05, 0) is 48.6 Å². The topological polar surface area (TPSA) is 30.5 Å². The van der Waals surface area contributed by atoms with E-state index in [1.54, 1.807) is 7.11 Å². The van der Waals surface area contributed by atoms with Crippen molar-refractivity contribution in [2.24, 2.45) is 0 Å². The Morgan fingerprint density at radius 2 is 2.00 bits per heavy atom. The van der Waals surface area contributed by atoms with Crippen LogP contribution in [-0.2, 0) is 4.74 Å². The third kappa shape index (κ3) is 3.69. The van der Waals surface area contributed by atoms with Crippen molar-refractivity contribution >= 4 is 29.2 Å². The molecule has 1 N–H and O–H groups in total. The Balaban J connectivity index is 1.74. The Bertz CT molecular complexity index is 468. The van der Waals surface area contributed by atoms with Gasteiger partial charge in [-0.1, -0.05) is 13.3 Å². The van der Waals surface area contributed by atoms with Crippen molar-refractivity contribution in [3.63, 3.8) is 0 Å². The van der Waals surface area contributed by atoms with Gasteiger partial charge in [0.2, 0.25) is 0 Å². The van der Waals surface area contributed by atoms with Gasteiger partial charge in [-0.2, -0.15) is 11.8 Å². The summed E-state index contributed by atoms with van der Waals surface area (Å²) < 4.78 is 11.6. The molecule has 0 aromatic heterocycles. The maximum absolute atomic E-state index is 6.37. The largest absolute Gasteiger partial charge is 0.497 e. The molecule has 1 aromatic rings. The van der Waals surface area contributed by atoms with Crippen LogP contribution in [0.1, 0.15) is 26.2 Å². The minimum Gasteiger partial charge on any atom is -0.497 e. The van der Waals surface area contributed by atoms with E-state index in [1.807, 2.05) is 23.9 Å². The van der Waals surface area contributed by atoms with Gasteiger partial charge in [0.15, 0.2) is 0 Å². The van der Waals surface area contributed by atoms with E-state index in [0.29, 0.717) is 22.8 Å². The first-order valence-corrected chi connectivity index (χ1v) is 10.2. The molecule has 1 aromatic carbocycles. The second-order valence-electron chi connectivity index (χ2n) is 5.79. The quantitative estimate of drug-likeness (QED) is 0.867. The fourth-order valence-corrected chi connectivity index (χ4v) is 6.13. The molecule has 3 rings (SSSR count). The van der Waals surface area contributed by atoms with Crippen molar-refractivity contribution in [2.75, 3.05) is 23.9 Å². The van der Waals surface area contributed by atoms with Crippen LogP contribution >= 0.6 is 23.5 Å². The van der Waals surface area contributed by atoms with Crippen molar-refractivity contribution in [3.8, 4) is 5.75 Å². The Kier molecular flexibility index (Phi) is 5.83. The van der Waals surface area contributed by atoms with E-state index < -0.39 is 0 Å². The number of anilines is 1. The molecule has 2 heterocycles. The minimum atomic E-state index is 0.320. The summed E-state index contributed by atoms with van der Waals surface area (Å²) in [7, 11) is 1.70. The summed E-state index contributed by atoms with van der Waals surface area (Å²) >= 11 is 4.09. The van der Waals surface area contributed by atoms with Gasteiger partial charge in [0.1, 0.15) is 11.2 Å². The van der Waals surface area contributed by atoms with E-state index in [1.165, 1.54) is 24.3 Å². The van der Waals surface area contributed by atoms with Gasteiger partial charge in [0.25, 0.3) is 0 Å². The van der Waals surface area contributed by atoms with Crippen LogP contribution in [-0.4, -0.2) is 41.4 Å². The summed E-state index contributed by atoms with van der Waals surface area (Å²) in [4.78, 5) is 0. The number of ether oxygens (including phenoxy) is 2. The maximum atomic E-state index is 6.37. The Hall–Kier alpha value is -0.520. The molecule has 22 heavy (non-hydrogen) atoms. The predicted molar refractivity (Wildman–Crippen MR) is 97.3 cm³/mol. The SMILES string of the molecule is CCC[C@H]1O[C@@H]2SCCCS[C@H]2[C@@H]1Nc1ccc(OC)cc1. The molecular weight excluding hydrogens is 314 g/mol. The lowest BCUT2D eigenvalue weighted by molar-refractivity contribution is 0.0826. The molecule has 0 amide bonds. The molecule has 4 atom stereocenters. The molecule has 122 valence electrons. The van der Waals surface area contributed by atoms with Gasteiger partial charge in [-0.3, -0.25) is 0 Å². The van der Waals surface area contributed by atoms with E-state index in [4.69, 9.17) is 9.47 Å². The van der Waals surface area contributed by atoms with Crippen LogP contribution in [0, 0.1) is 0 Å². The molecule has 5 heteroatoms. The zero-order chi connectivity index (χ0) is 15.4. The number of nitrogens with one attached hydrogen (secondary N) is 1. The lowest BCUT2D eigenvalue weighted by Gasteiger charge is -2.25. The number of fused-ring (bicyclic) bond motifs is 1. The molecule has 3 nitrogen and oxygen atoms in total. The van der Waals surface area contributed by atoms with E-state index in [2.05, 4.69) is 36.1 Å². The molecular formula is C17H25NO2S2. The fraction of sp³-hybridized carbons (Fsp3) is 0.647. The van der Waals surface area contributed by atoms with Crippen LogP contribution in [0.25, 0.3) is 0 Å². The van der Waals surface area contributed by atoms with Gasteiger partial charge >= 0.3 is 0 Å². The molecule has 0 unspecified atom stereocenters. The van der Waals surface area contributed by atoms with Crippen LogP contribution < -0.4 is 10.1 Å². The minimum absolute atomic E-state index is 0.320. The monoisotopic (exact) mass is 339 g/mol. The molecule has 2 aliphatic rings. The van der Waals surface area contributed by atoms with E-state index in [-0.39, 0.29) is 0 Å². The molecule has 2 aliphatic heterocycles. The zero-order valence-corrected chi connectivity index (χ0v) is 14.9. The van der Waals surface area contributed by atoms with Crippen LogP contribution in [0.4, 0.5) is 5.69 Å². The second kappa shape index (κ2) is 7.84. The van der Waals surface area contributed by atoms with Gasteiger partial charge in [-0.15, -0.1) is 11.8 Å². The molecule has 0 spiro atoms. The maximum Gasteiger partial charge on any atom is 0.119 e. The van der Waals surface area contributed by atoms with Gasteiger partial charge < -0.3 is 14.8 Å². The average Bonchev–Trinajstić information content (AvgIpc) is 2.72. The zero-order valence-electron chi connectivity index (χ0n) is 13.3. The van der Waals surface area contributed by atoms with Gasteiger partial charge in [-0.25, -0.2) is 0 Å². The average molecular weight is 340 g/mol. The van der Waals surface area contributed by atoms with E-state index in [0.717, 1.165) is 17.9 Å². The summed E-state index contributed by atoms with van der Waals surface area (Å²) in [6, 6.07) is 8.63. The van der Waals surface area contributed by atoms with Crippen LogP contribution in [0.3, 0.4) is 0 Å². The highest BCUT2D eigenvalue weighted by molar-refractivity contribution is 8.04. The second-order valence-corrected chi connectivity index (χ2v) is 8.28. The third-order valence-corrected chi connectivity index (χ3v) is 7.09. The van der Waals surface area contributed by atoms with E-state index >= 15 is 0 Å². The first-order chi connectivity index (χ1) is 10.8. The molecule has 0 radical (unpaired) electrons. The first kappa shape index (κ1) is 16.3. The summed E-state index contributed by atoms with van der Waals surface area (Å²) in [5.74, 6) is 3.37. The highest BCUT2D eigenvalue weighted by Gasteiger charge is 2.45. The number of methoxy groups -OCH3 is 1. The standard InChI is InChI=1S/C17H25NO2S2/c1-3-5-14-15(16-17(20-14)22-11-4-10-21-16)18-12-6-8-13(19-2)9-7-12/h6-9,14-18H,3-5,10-11H2,1-2H3/t14-,15-,16+,17-/m1/s1. The Morgan fingerprint density at radius 1 is 1.23 bits per heavy atom. The van der Waals surface area contributed by atoms with E-state index in [9.17, 15) is 0 Å². The van der Waals surface area contributed by atoms with Crippen molar-refractivity contribution in [1.29, 1.82) is 0 Å². The highest BCUT2D eigenvalue weighted by Crippen LogP contribution is 2.42. The Morgan fingerprint density at radius 3 is 2.73 bits per heavy atom. The molecule has 0 aliphatic carbocycles. The van der Waals surface area contributed by atoms with Crippen molar-refractivity contribution in [2.45, 2.75) is 49.0 Å². The fourth-order valence-electron chi connectivity index (χ4n) is 3.10. The predicted octanol–water partition coefficient (Wildman–Crippen LogP) is 4.24. The number of thioether (sulfide) groups is 2. The van der Waals surface area contributed by atoms with Crippen molar-refractivity contribution < 1.29 is 9.47 Å². The number of rotatable bonds is 5. The molecule has 0 saturated carbocycles. The first-order valence-electron chi connectivity index (χ1n) is 8.11. The van der Waals surface area contributed by atoms with Gasteiger partial charge in [0, 0.05) is 5.69 Å². The lowest BCUT2D eigenvalue weighted by atomic mass is 10.1. The van der Waals surface area contributed by atoms with Crippen LogP contribution in [0.15, 0.2) is 24.3 Å². The lowest BCUT2D eigenvalue weighted by Crippen LogP contribution is -2.37. The summed E-state index contributed by atoms with van der Waals surface area (Å²) in [6.45, 7) is 2.24. The summed E-state index contributed by atoms with van der Waals surface area (Å²) in [5, 5.41) is 4.29. The number of hydrogen-bond donors (Lipinski definition) is 1. The highest BCUT2D eigenvalue weighted by atomic mass is 32.2. The smallest absolute Gasteiger partial charge is 0.119 e. The number of benzene rings is 1. The van der Waals surface area contributed by atoms with Crippen LogP contribution in [0.5, 0.6) is 5.75 Å². The van der Waals surface area contributed by atoms with Gasteiger partial charge in [0.05, 0.1) is 24.5 Å². The summed E-state index contributed by atoms with van der Waals surface area (Å²) in [5.41, 5.74) is 1.51. The summed E-state index contributed by atoms with van der Waals surface area (Å²) in [6.07, 6.45) is 3.90. The molecule has 2 saturated heterocycles. The van der Waals surface area contributed by atoms with Crippen molar-refractivity contribution in [3.05, 3.63) is 24.3 Å². The third-order valence-electron chi connectivity index (χ3n) is 4.21. The Labute approximate surface area is 141 Å². The number of hydrogen-bond acceptors (Lipinski definition) is 5. The van der Waals surface area contributed by atoms with Crippen LogP contribution in [0.2, 0.25) is 0 Å². The van der Waals surface area contributed by atoms with Crippen molar-refractivity contribution in [1.82, 2.24) is 0 Å². The molecule has 2 fully saturated rings. The normalized spacial score (nSPS) is 31.4. The molecule has 0 bridgehead atoms.